The van der Waals surface area contributed by atoms with E-state index in [1.807, 2.05) is 61.0 Å². The van der Waals surface area contributed by atoms with Crippen LogP contribution in [-0.4, -0.2) is 11.9 Å². The van der Waals surface area contributed by atoms with Gasteiger partial charge in [-0.3, -0.25) is 4.79 Å². The lowest BCUT2D eigenvalue weighted by Crippen LogP contribution is -2.31. The van der Waals surface area contributed by atoms with E-state index in [0.29, 0.717) is 5.56 Å². The van der Waals surface area contributed by atoms with Gasteiger partial charge in [-0.2, -0.15) is 0 Å². The molecule has 15 heavy (non-hydrogen) atoms. The Labute approximate surface area is 104 Å². The van der Waals surface area contributed by atoms with E-state index >= 15 is 0 Å². The van der Waals surface area contributed by atoms with Gasteiger partial charge in [-0.05, 0) is 31.5 Å². The number of hydrogen-bond acceptors (Lipinski definition) is 2. The molecule has 0 aromatic heterocycles. The minimum atomic E-state index is -0.0159. The highest BCUT2D eigenvalue weighted by Crippen LogP contribution is 2.12. The molecule has 0 aliphatic heterocycles. The molecule has 0 heterocycles. The van der Waals surface area contributed by atoms with Crippen molar-refractivity contribution in [1.29, 1.82) is 0 Å². The number of hydrogen-bond donors (Lipinski definition) is 2. The molecule has 1 unspecified atom stereocenters. The Kier molecular flexibility index (Phi) is 4.87. The fourth-order valence-electron chi connectivity index (χ4n) is 1.13. The predicted molar refractivity (Wildman–Crippen MR) is 71.3 cm³/mol. The Hall–Kier alpha value is -0.780. The molecule has 0 saturated heterocycles. The molecule has 4 heteroatoms. The maximum Gasteiger partial charge on any atom is 0.251 e. The third-order valence-corrected chi connectivity index (χ3v) is 2.85. The summed E-state index contributed by atoms with van der Waals surface area (Å²) in [6.07, 6.45) is 0.940. The van der Waals surface area contributed by atoms with Crippen molar-refractivity contribution in [3.63, 3.8) is 0 Å². The summed E-state index contributed by atoms with van der Waals surface area (Å²) in [5.41, 5.74) is 1.63. The monoisotopic (exact) mass is 318 g/mol. The van der Waals surface area contributed by atoms with Crippen molar-refractivity contribution >= 4 is 34.5 Å². The smallest absolute Gasteiger partial charge is 0.251 e. The van der Waals surface area contributed by atoms with Crippen LogP contribution in [0.3, 0.4) is 0 Å². The number of amides is 1. The summed E-state index contributed by atoms with van der Waals surface area (Å²) in [5, 5.41) is 2.93. The van der Waals surface area contributed by atoms with Crippen LogP contribution in [0.25, 0.3) is 0 Å². The first-order valence-corrected chi connectivity index (χ1v) is 6.02. The summed E-state index contributed by atoms with van der Waals surface area (Å²) in [6, 6.07) is 7.66. The summed E-state index contributed by atoms with van der Waals surface area (Å²) in [7, 11) is 0. The average molecular weight is 318 g/mol. The summed E-state index contributed by atoms with van der Waals surface area (Å²) in [6.45, 7) is 4.05. The van der Waals surface area contributed by atoms with Crippen LogP contribution in [0.1, 0.15) is 30.6 Å². The van der Waals surface area contributed by atoms with E-state index in [4.69, 9.17) is 0 Å². The molecule has 1 aromatic carbocycles. The zero-order valence-corrected chi connectivity index (χ0v) is 11.0. The normalized spacial score (nSPS) is 11.9. The Bertz CT molecular complexity index is 341. The molecular formula is C11H15IN2O. The van der Waals surface area contributed by atoms with Gasteiger partial charge in [0, 0.05) is 17.3 Å². The van der Waals surface area contributed by atoms with E-state index < -0.39 is 0 Å². The first-order chi connectivity index (χ1) is 7.17. The van der Waals surface area contributed by atoms with Gasteiger partial charge in [-0.25, -0.2) is 0 Å². The van der Waals surface area contributed by atoms with Crippen molar-refractivity contribution in [1.82, 2.24) is 5.32 Å². The van der Waals surface area contributed by atoms with Crippen LogP contribution in [0.2, 0.25) is 0 Å². The maximum atomic E-state index is 11.7. The lowest BCUT2D eigenvalue weighted by Gasteiger charge is -2.11. The summed E-state index contributed by atoms with van der Waals surface area (Å²) in [4.78, 5) is 11.7. The highest BCUT2D eigenvalue weighted by Gasteiger charge is 2.08. The number of carbonyl (C=O) groups excluding carboxylic acids is 1. The van der Waals surface area contributed by atoms with Crippen molar-refractivity contribution in [2.45, 2.75) is 26.3 Å². The largest absolute Gasteiger partial charge is 0.350 e. The molecule has 0 radical (unpaired) electrons. The van der Waals surface area contributed by atoms with E-state index in [1.54, 1.807) is 0 Å². The molecule has 1 rings (SSSR count). The van der Waals surface area contributed by atoms with E-state index in [0.717, 1.165) is 12.1 Å². The molecule has 0 aliphatic rings. The molecule has 0 aliphatic carbocycles. The number of benzene rings is 1. The standard InChI is InChI=1S/C11H15IN2O/c1-3-8(2)13-11(15)9-5-4-6-10(7-9)14-12/h4-8,14H,3H2,1-2H3,(H,13,15). The van der Waals surface area contributed by atoms with Crippen molar-refractivity contribution in [3.05, 3.63) is 29.8 Å². The van der Waals surface area contributed by atoms with Gasteiger partial charge in [0.15, 0.2) is 0 Å². The lowest BCUT2D eigenvalue weighted by atomic mass is 10.1. The van der Waals surface area contributed by atoms with Gasteiger partial charge in [0.1, 0.15) is 0 Å². The molecule has 0 fully saturated rings. The van der Waals surface area contributed by atoms with E-state index in [9.17, 15) is 4.79 Å². The second-order valence-corrected chi connectivity index (χ2v) is 4.00. The van der Waals surface area contributed by atoms with E-state index in [1.165, 1.54) is 0 Å². The zero-order valence-electron chi connectivity index (χ0n) is 8.88. The minimum Gasteiger partial charge on any atom is -0.350 e. The SMILES string of the molecule is CCC(C)NC(=O)c1cccc(NI)c1. The van der Waals surface area contributed by atoms with Crippen LogP contribution >= 0.6 is 22.9 Å². The van der Waals surface area contributed by atoms with Gasteiger partial charge in [-0.1, -0.05) is 13.0 Å². The third-order valence-electron chi connectivity index (χ3n) is 2.22. The average Bonchev–Trinajstić information content (AvgIpc) is 2.28. The van der Waals surface area contributed by atoms with Gasteiger partial charge in [0.05, 0.1) is 22.9 Å². The molecule has 3 nitrogen and oxygen atoms in total. The third kappa shape index (κ3) is 3.70. The van der Waals surface area contributed by atoms with Crippen molar-refractivity contribution in [2.75, 3.05) is 3.53 Å². The molecule has 2 N–H and O–H groups in total. The summed E-state index contributed by atoms with van der Waals surface area (Å²) in [5.74, 6) is -0.0159. The highest BCUT2D eigenvalue weighted by molar-refractivity contribution is 14.1. The zero-order chi connectivity index (χ0) is 11.3. The minimum absolute atomic E-state index is 0.0159. The first-order valence-electron chi connectivity index (χ1n) is 4.95. The fraction of sp³-hybridized carbons (Fsp3) is 0.364. The second-order valence-electron chi connectivity index (χ2n) is 3.46. The van der Waals surface area contributed by atoms with Gasteiger partial charge in [-0.15, -0.1) is 0 Å². The lowest BCUT2D eigenvalue weighted by molar-refractivity contribution is 0.0939. The number of rotatable bonds is 4. The number of nitrogens with one attached hydrogen (secondary N) is 2. The van der Waals surface area contributed by atoms with Crippen LogP contribution in [-0.2, 0) is 0 Å². The van der Waals surface area contributed by atoms with Crippen molar-refractivity contribution in [3.8, 4) is 0 Å². The quantitative estimate of drug-likeness (QED) is 0.662. The highest BCUT2D eigenvalue weighted by atomic mass is 127. The van der Waals surface area contributed by atoms with Gasteiger partial charge < -0.3 is 8.85 Å². The van der Waals surface area contributed by atoms with Crippen LogP contribution in [0.15, 0.2) is 24.3 Å². The number of carbonyl (C=O) groups is 1. The fourth-order valence-corrected chi connectivity index (χ4v) is 1.46. The number of anilines is 1. The van der Waals surface area contributed by atoms with Gasteiger partial charge >= 0.3 is 0 Å². The second kappa shape index (κ2) is 5.95. The van der Waals surface area contributed by atoms with Crippen molar-refractivity contribution in [2.24, 2.45) is 0 Å². The van der Waals surface area contributed by atoms with Crippen LogP contribution in [0, 0.1) is 0 Å². The first kappa shape index (κ1) is 12.3. The van der Waals surface area contributed by atoms with E-state index in [2.05, 4.69) is 8.85 Å². The maximum absolute atomic E-state index is 11.7. The van der Waals surface area contributed by atoms with Crippen LogP contribution in [0.4, 0.5) is 5.69 Å². The van der Waals surface area contributed by atoms with Crippen LogP contribution in [0.5, 0.6) is 0 Å². The molecule has 0 saturated carbocycles. The summed E-state index contributed by atoms with van der Waals surface area (Å²) < 4.78 is 2.98. The Morgan fingerprint density at radius 3 is 2.87 bits per heavy atom. The topological polar surface area (TPSA) is 41.1 Å². The molecule has 1 amide bonds. The van der Waals surface area contributed by atoms with Gasteiger partial charge in [0.2, 0.25) is 0 Å². The Morgan fingerprint density at radius 2 is 2.27 bits per heavy atom. The van der Waals surface area contributed by atoms with Gasteiger partial charge in [0.25, 0.3) is 5.91 Å². The van der Waals surface area contributed by atoms with E-state index in [-0.39, 0.29) is 11.9 Å². The molecule has 1 aromatic rings. The number of halogens is 1. The Morgan fingerprint density at radius 1 is 1.53 bits per heavy atom. The molecule has 0 bridgehead atoms. The van der Waals surface area contributed by atoms with Crippen molar-refractivity contribution < 1.29 is 4.79 Å². The summed E-state index contributed by atoms with van der Waals surface area (Å²) >= 11 is 2.04. The molecule has 1 atom stereocenters. The Balaban J connectivity index is 2.73. The molecule has 0 spiro atoms. The molecular weight excluding hydrogens is 303 g/mol. The predicted octanol–water partition coefficient (Wildman–Crippen LogP) is 2.98. The van der Waals surface area contributed by atoms with Crippen LogP contribution < -0.4 is 8.85 Å². The molecule has 82 valence electrons.